The van der Waals surface area contributed by atoms with Gasteiger partial charge in [0.1, 0.15) is 5.82 Å². The van der Waals surface area contributed by atoms with Crippen LogP contribution in [0.3, 0.4) is 0 Å². The number of sulfonamides is 1. The summed E-state index contributed by atoms with van der Waals surface area (Å²) in [6.07, 6.45) is 1.79. The fourth-order valence-electron chi connectivity index (χ4n) is 4.29. The Balaban J connectivity index is 1.33. The van der Waals surface area contributed by atoms with Gasteiger partial charge in [-0.3, -0.25) is 9.69 Å². The van der Waals surface area contributed by atoms with Crippen LogP contribution in [-0.2, 0) is 34.8 Å². The fourth-order valence-corrected chi connectivity index (χ4v) is 5.21. The van der Waals surface area contributed by atoms with Crippen molar-refractivity contribution in [2.45, 2.75) is 36.7 Å². The van der Waals surface area contributed by atoms with Crippen LogP contribution in [0.15, 0.2) is 53.4 Å². The van der Waals surface area contributed by atoms with Gasteiger partial charge in [-0.25, -0.2) is 17.7 Å². The molecule has 0 radical (unpaired) electrons. The van der Waals surface area contributed by atoms with Crippen LogP contribution < -0.4 is 5.32 Å². The van der Waals surface area contributed by atoms with E-state index in [1.54, 1.807) is 18.2 Å². The number of hydrogen-bond donors (Lipinski definition) is 1. The number of rotatable bonds is 8. The van der Waals surface area contributed by atoms with Crippen molar-refractivity contribution in [3.63, 3.8) is 0 Å². The van der Waals surface area contributed by atoms with Crippen LogP contribution in [0.2, 0.25) is 0 Å². The number of amides is 1. The molecule has 1 amide bonds. The molecule has 0 aliphatic carbocycles. The van der Waals surface area contributed by atoms with Crippen LogP contribution in [0, 0.1) is 0 Å². The summed E-state index contributed by atoms with van der Waals surface area (Å²) in [5, 5.41) is 3.16. The Kier molecular flexibility index (Phi) is 6.83. The number of carbonyl (C=O) groups is 1. The number of aryl methyl sites for hydroxylation is 2. The van der Waals surface area contributed by atoms with E-state index in [-0.39, 0.29) is 16.8 Å². The lowest BCUT2D eigenvalue weighted by atomic mass is 10.2. The molecule has 2 heterocycles. The number of aromatic nitrogens is 2. The number of imidazole rings is 1. The molecule has 1 aliphatic rings. The number of likely N-dealkylation sites (tertiary alicyclic amines) is 1. The molecule has 1 aliphatic heterocycles. The highest BCUT2D eigenvalue weighted by Gasteiger charge is 2.24. The van der Waals surface area contributed by atoms with Crippen molar-refractivity contribution < 1.29 is 13.2 Å². The Labute approximate surface area is 195 Å². The van der Waals surface area contributed by atoms with Crippen LogP contribution in [0.5, 0.6) is 0 Å². The Morgan fingerprint density at radius 3 is 2.67 bits per heavy atom. The third-order valence-electron chi connectivity index (χ3n) is 6.19. The first-order valence-electron chi connectivity index (χ1n) is 11.2. The predicted octanol–water partition coefficient (Wildman–Crippen LogP) is 2.15. The van der Waals surface area contributed by atoms with Crippen LogP contribution in [0.4, 0.5) is 0 Å². The molecule has 4 rings (SSSR count). The summed E-state index contributed by atoms with van der Waals surface area (Å²) in [5.74, 6) is 0.779. The maximum atomic E-state index is 12.6. The summed E-state index contributed by atoms with van der Waals surface area (Å²) in [6.45, 7) is 2.73. The molecule has 176 valence electrons. The van der Waals surface area contributed by atoms with Gasteiger partial charge in [-0.05, 0) is 30.2 Å². The second-order valence-electron chi connectivity index (χ2n) is 8.80. The zero-order valence-corrected chi connectivity index (χ0v) is 20.2. The number of carbonyl (C=O) groups excluding carboxylic acids is 1. The normalized spacial score (nSPS) is 17.2. The van der Waals surface area contributed by atoms with Gasteiger partial charge in [0.05, 0.1) is 15.9 Å². The third kappa shape index (κ3) is 5.26. The van der Waals surface area contributed by atoms with Gasteiger partial charge in [-0.1, -0.05) is 30.3 Å². The van der Waals surface area contributed by atoms with Gasteiger partial charge < -0.3 is 9.88 Å². The summed E-state index contributed by atoms with van der Waals surface area (Å²) in [7, 11) is 1.38. The summed E-state index contributed by atoms with van der Waals surface area (Å²) in [4.78, 5) is 19.8. The summed E-state index contributed by atoms with van der Waals surface area (Å²) >= 11 is 0. The molecule has 8 nitrogen and oxygen atoms in total. The molecule has 2 aromatic carbocycles. The molecule has 9 heteroatoms. The molecule has 1 atom stereocenters. The second-order valence-corrected chi connectivity index (χ2v) is 11.0. The first-order chi connectivity index (χ1) is 15.7. The molecule has 0 spiro atoms. The molecule has 1 aromatic heterocycles. The summed E-state index contributed by atoms with van der Waals surface area (Å²) < 4.78 is 27.9. The minimum atomic E-state index is -3.52. The van der Waals surface area contributed by atoms with Crippen molar-refractivity contribution in [2.24, 2.45) is 7.05 Å². The van der Waals surface area contributed by atoms with E-state index in [4.69, 9.17) is 0 Å². The topological polar surface area (TPSA) is 87.5 Å². The molecule has 0 unspecified atom stereocenters. The van der Waals surface area contributed by atoms with Crippen LogP contribution in [0.25, 0.3) is 11.0 Å². The highest BCUT2D eigenvalue weighted by atomic mass is 32.2. The second kappa shape index (κ2) is 9.62. The average molecular weight is 470 g/mol. The quantitative estimate of drug-likeness (QED) is 0.546. The lowest BCUT2D eigenvalue weighted by molar-refractivity contribution is -0.121. The number of benzene rings is 2. The van der Waals surface area contributed by atoms with Crippen molar-refractivity contribution in [2.75, 3.05) is 27.2 Å². The molecule has 0 saturated carbocycles. The largest absolute Gasteiger partial charge is 0.352 e. The Morgan fingerprint density at radius 1 is 1.18 bits per heavy atom. The predicted molar refractivity (Wildman–Crippen MR) is 128 cm³/mol. The minimum absolute atomic E-state index is 0.0180. The number of hydrogen-bond acceptors (Lipinski definition) is 5. The molecular weight excluding hydrogens is 438 g/mol. The van der Waals surface area contributed by atoms with E-state index in [1.807, 2.05) is 29.8 Å². The Morgan fingerprint density at radius 2 is 1.94 bits per heavy atom. The number of fused-ring (bicyclic) bond motifs is 1. The van der Waals surface area contributed by atoms with Crippen molar-refractivity contribution in [3.8, 4) is 0 Å². The fraction of sp³-hybridized carbons (Fsp3) is 0.417. The first kappa shape index (κ1) is 23.4. The van der Waals surface area contributed by atoms with E-state index in [2.05, 4.69) is 27.3 Å². The maximum absolute atomic E-state index is 12.6. The Hall–Kier alpha value is -2.75. The molecule has 0 bridgehead atoms. The van der Waals surface area contributed by atoms with Gasteiger partial charge in [0, 0.05) is 59.7 Å². The lowest BCUT2D eigenvalue weighted by Crippen LogP contribution is -2.37. The molecule has 3 aromatic rings. The van der Waals surface area contributed by atoms with Gasteiger partial charge >= 0.3 is 0 Å². The molecule has 1 fully saturated rings. The average Bonchev–Trinajstić information content (AvgIpc) is 3.36. The number of nitrogens with zero attached hydrogens (tertiary/aromatic N) is 4. The van der Waals surface area contributed by atoms with Crippen molar-refractivity contribution in [3.05, 3.63) is 59.9 Å². The van der Waals surface area contributed by atoms with E-state index in [9.17, 15) is 13.2 Å². The van der Waals surface area contributed by atoms with Crippen molar-refractivity contribution in [1.29, 1.82) is 0 Å². The Bertz CT molecular complexity index is 1240. The summed E-state index contributed by atoms with van der Waals surface area (Å²) in [6, 6.07) is 15.5. The van der Waals surface area contributed by atoms with E-state index >= 15 is 0 Å². The lowest BCUT2D eigenvalue weighted by Gasteiger charge is -2.16. The minimum Gasteiger partial charge on any atom is -0.352 e. The van der Waals surface area contributed by atoms with Gasteiger partial charge in [0.25, 0.3) is 0 Å². The van der Waals surface area contributed by atoms with Crippen LogP contribution in [-0.4, -0.2) is 66.3 Å². The van der Waals surface area contributed by atoms with Gasteiger partial charge in [-0.2, -0.15) is 0 Å². The third-order valence-corrected chi connectivity index (χ3v) is 8.00. The highest BCUT2D eigenvalue weighted by molar-refractivity contribution is 7.89. The maximum Gasteiger partial charge on any atom is 0.242 e. The molecular formula is C24H31N5O3S. The monoisotopic (exact) mass is 469 g/mol. The van der Waals surface area contributed by atoms with Crippen molar-refractivity contribution >= 4 is 27.0 Å². The summed E-state index contributed by atoms with van der Waals surface area (Å²) in [5.41, 5.74) is 2.74. The molecule has 1 N–H and O–H groups in total. The van der Waals surface area contributed by atoms with E-state index < -0.39 is 10.0 Å². The van der Waals surface area contributed by atoms with Crippen LogP contribution in [0.1, 0.15) is 24.2 Å². The SMILES string of the molecule is CN(C)S(=O)(=O)c1ccc2c(c1)nc(CCC(=O)N[C@@H]1CCN(Cc3ccccc3)C1)n2C. The van der Waals surface area contributed by atoms with Gasteiger partial charge in [0.2, 0.25) is 15.9 Å². The highest BCUT2D eigenvalue weighted by Crippen LogP contribution is 2.22. The molecule has 33 heavy (non-hydrogen) atoms. The van der Waals surface area contributed by atoms with E-state index in [0.717, 1.165) is 37.4 Å². The zero-order valence-electron chi connectivity index (χ0n) is 19.4. The van der Waals surface area contributed by atoms with E-state index in [1.165, 1.54) is 24.0 Å². The standard InChI is InChI=1S/C24H31N5O3S/c1-27(2)33(31,32)20-9-10-22-21(15-20)26-23(28(22)3)11-12-24(30)25-19-13-14-29(17-19)16-18-7-5-4-6-8-18/h4-10,15,19H,11-14,16-17H2,1-3H3,(H,25,30)/t19-/m1/s1. The van der Waals surface area contributed by atoms with E-state index in [0.29, 0.717) is 18.4 Å². The van der Waals surface area contributed by atoms with Gasteiger partial charge in [0.15, 0.2) is 0 Å². The smallest absolute Gasteiger partial charge is 0.242 e. The molecule has 1 saturated heterocycles. The zero-order chi connectivity index (χ0) is 23.6. The first-order valence-corrected chi connectivity index (χ1v) is 12.6. The number of nitrogens with one attached hydrogen (secondary N) is 1. The van der Waals surface area contributed by atoms with Gasteiger partial charge in [-0.15, -0.1) is 0 Å². The van der Waals surface area contributed by atoms with Crippen molar-refractivity contribution in [1.82, 2.24) is 24.1 Å². The van der Waals surface area contributed by atoms with Crippen LogP contribution >= 0.6 is 0 Å².